The predicted molar refractivity (Wildman–Crippen MR) is 85.1 cm³/mol. The number of nitrogens with two attached hydrogens (primary N) is 1. The van der Waals surface area contributed by atoms with Crippen LogP contribution in [0.4, 0.5) is 5.82 Å². The van der Waals surface area contributed by atoms with Crippen molar-refractivity contribution in [2.75, 3.05) is 5.73 Å². The molecule has 0 unspecified atom stereocenters. The maximum Gasteiger partial charge on any atom is 0.140 e. The second-order valence-corrected chi connectivity index (χ2v) is 6.49. The summed E-state index contributed by atoms with van der Waals surface area (Å²) in [5.41, 5.74) is 8.17. The summed E-state index contributed by atoms with van der Waals surface area (Å²) in [6, 6.07) is 10.4. The molecule has 0 saturated carbocycles. The minimum Gasteiger partial charge on any atom is -0.383 e. The van der Waals surface area contributed by atoms with Crippen molar-refractivity contribution in [2.45, 2.75) is 45.6 Å². The number of rotatable bonds is 4. The molecule has 0 saturated heterocycles. The third kappa shape index (κ3) is 3.34. The van der Waals surface area contributed by atoms with Gasteiger partial charge in [0, 0.05) is 12.0 Å². The second-order valence-electron chi connectivity index (χ2n) is 6.11. The van der Waals surface area contributed by atoms with Gasteiger partial charge in [-0.3, -0.25) is 0 Å². The van der Waals surface area contributed by atoms with Crippen LogP contribution in [0.25, 0.3) is 0 Å². The van der Waals surface area contributed by atoms with Gasteiger partial charge in [-0.05, 0) is 18.4 Å². The maximum atomic E-state index is 6.29. The molecule has 3 nitrogen and oxygen atoms in total. The Morgan fingerprint density at radius 2 is 1.85 bits per heavy atom. The van der Waals surface area contributed by atoms with Gasteiger partial charge in [0.25, 0.3) is 0 Å². The van der Waals surface area contributed by atoms with Crippen molar-refractivity contribution in [3.63, 3.8) is 0 Å². The van der Waals surface area contributed by atoms with Crippen LogP contribution in [-0.4, -0.2) is 9.78 Å². The fourth-order valence-corrected chi connectivity index (χ4v) is 2.60. The normalized spacial score (nSPS) is 11.8. The lowest BCUT2D eigenvalue weighted by atomic mass is 9.92. The van der Waals surface area contributed by atoms with Crippen LogP contribution in [0, 0.1) is 0 Å². The van der Waals surface area contributed by atoms with Gasteiger partial charge in [0.15, 0.2) is 0 Å². The van der Waals surface area contributed by atoms with E-state index in [4.69, 9.17) is 17.3 Å². The van der Waals surface area contributed by atoms with Crippen LogP contribution < -0.4 is 5.73 Å². The van der Waals surface area contributed by atoms with Gasteiger partial charge in [0.2, 0.25) is 0 Å². The Balaban J connectivity index is 2.04. The number of halogens is 1. The van der Waals surface area contributed by atoms with E-state index in [1.54, 1.807) is 0 Å². The molecule has 0 aliphatic carbocycles. The van der Waals surface area contributed by atoms with E-state index < -0.39 is 0 Å². The lowest BCUT2D eigenvalue weighted by molar-refractivity contribution is 0.524. The summed E-state index contributed by atoms with van der Waals surface area (Å²) in [4.78, 5) is 0. The predicted octanol–water partition coefficient (Wildman–Crippen LogP) is 4.05. The highest BCUT2D eigenvalue weighted by atomic mass is 35.5. The van der Waals surface area contributed by atoms with Crippen LogP contribution in [0.2, 0.25) is 5.02 Å². The van der Waals surface area contributed by atoms with Gasteiger partial charge >= 0.3 is 0 Å². The van der Waals surface area contributed by atoms with Crippen molar-refractivity contribution in [2.24, 2.45) is 0 Å². The Morgan fingerprint density at radius 3 is 2.40 bits per heavy atom. The minimum atomic E-state index is -0.0874. The molecular weight excluding hydrogens is 270 g/mol. The molecule has 0 radical (unpaired) electrons. The molecule has 1 heterocycles. The Bertz CT molecular complexity index is 567. The van der Waals surface area contributed by atoms with Crippen molar-refractivity contribution >= 4 is 17.4 Å². The van der Waals surface area contributed by atoms with Gasteiger partial charge in [-0.1, -0.05) is 62.7 Å². The average Bonchev–Trinajstić information content (AvgIpc) is 2.68. The first-order chi connectivity index (χ1) is 9.39. The van der Waals surface area contributed by atoms with Crippen molar-refractivity contribution in [1.82, 2.24) is 9.78 Å². The summed E-state index contributed by atoms with van der Waals surface area (Å²) in [5.74, 6) is 0.574. The van der Waals surface area contributed by atoms with E-state index in [-0.39, 0.29) is 5.41 Å². The molecule has 2 rings (SSSR count). The van der Waals surface area contributed by atoms with Gasteiger partial charge < -0.3 is 5.73 Å². The van der Waals surface area contributed by atoms with Crippen LogP contribution >= 0.6 is 11.6 Å². The highest BCUT2D eigenvalue weighted by Gasteiger charge is 2.24. The number of aryl methyl sites for hydroxylation is 2. The minimum absolute atomic E-state index is 0.0874. The van der Waals surface area contributed by atoms with E-state index in [2.05, 4.69) is 50.1 Å². The molecule has 0 aliphatic rings. The van der Waals surface area contributed by atoms with Gasteiger partial charge in [-0.25, -0.2) is 4.68 Å². The number of nitrogen functional groups attached to an aromatic ring is 1. The van der Waals surface area contributed by atoms with E-state index in [0.717, 1.165) is 25.1 Å². The van der Waals surface area contributed by atoms with E-state index >= 15 is 0 Å². The second kappa shape index (κ2) is 5.88. The molecular formula is C16H22ClN3. The van der Waals surface area contributed by atoms with Crippen LogP contribution in [0.1, 0.15) is 38.4 Å². The molecule has 1 aromatic heterocycles. The fraction of sp³-hybridized carbons (Fsp3) is 0.438. The molecule has 2 aromatic rings. The van der Waals surface area contributed by atoms with Crippen molar-refractivity contribution < 1.29 is 0 Å². The Kier molecular flexibility index (Phi) is 4.39. The van der Waals surface area contributed by atoms with E-state index in [0.29, 0.717) is 10.8 Å². The molecule has 20 heavy (non-hydrogen) atoms. The highest BCUT2D eigenvalue weighted by Crippen LogP contribution is 2.32. The number of anilines is 1. The number of aromatic nitrogens is 2. The van der Waals surface area contributed by atoms with Crippen molar-refractivity contribution in [3.8, 4) is 0 Å². The first-order valence-electron chi connectivity index (χ1n) is 6.96. The smallest absolute Gasteiger partial charge is 0.140 e. The summed E-state index contributed by atoms with van der Waals surface area (Å²) in [5, 5.41) is 5.17. The lowest BCUT2D eigenvalue weighted by Crippen LogP contribution is -2.13. The van der Waals surface area contributed by atoms with E-state index in [1.165, 1.54) is 5.56 Å². The molecule has 108 valence electrons. The zero-order valence-electron chi connectivity index (χ0n) is 12.4. The first kappa shape index (κ1) is 14.9. The number of benzene rings is 1. The molecule has 0 amide bonds. The number of hydrogen-bond acceptors (Lipinski definition) is 2. The molecule has 0 fully saturated rings. The van der Waals surface area contributed by atoms with Crippen LogP contribution in [0.5, 0.6) is 0 Å². The van der Waals surface area contributed by atoms with E-state index in [1.807, 2.05) is 10.7 Å². The van der Waals surface area contributed by atoms with Crippen LogP contribution in [0.3, 0.4) is 0 Å². The molecule has 0 aliphatic heterocycles. The molecule has 2 N–H and O–H groups in total. The maximum absolute atomic E-state index is 6.29. The van der Waals surface area contributed by atoms with Gasteiger partial charge in [-0.15, -0.1) is 0 Å². The SMILES string of the molecule is CC(C)(C)c1nn(CCCc2ccccc2)c(N)c1Cl. The molecule has 0 bridgehead atoms. The summed E-state index contributed by atoms with van der Waals surface area (Å²) in [7, 11) is 0. The topological polar surface area (TPSA) is 43.8 Å². The monoisotopic (exact) mass is 291 g/mol. The highest BCUT2D eigenvalue weighted by molar-refractivity contribution is 6.33. The Hall–Kier alpha value is -1.48. The Morgan fingerprint density at radius 1 is 1.20 bits per heavy atom. The molecule has 0 atom stereocenters. The first-order valence-corrected chi connectivity index (χ1v) is 7.33. The zero-order chi connectivity index (χ0) is 14.8. The van der Waals surface area contributed by atoms with Gasteiger partial charge in [0.1, 0.15) is 10.8 Å². The summed E-state index contributed by atoms with van der Waals surface area (Å²) < 4.78 is 1.83. The van der Waals surface area contributed by atoms with Gasteiger partial charge in [-0.2, -0.15) is 5.10 Å². The fourth-order valence-electron chi connectivity index (χ4n) is 2.18. The van der Waals surface area contributed by atoms with E-state index in [9.17, 15) is 0 Å². The summed E-state index contributed by atoms with van der Waals surface area (Å²) in [6.45, 7) is 7.06. The van der Waals surface area contributed by atoms with Crippen molar-refractivity contribution in [1.29, 1.82) is 0 Å². The standard InChI is InChI=1S/C16H22ClN3/c1-16(2,3)14-13(17)15(18)20(19-14)11-7-10-12-8-5-4-6-9-12/h4-6,8-9H,7,10-11,18H2,1-3H3. The van der Waals surface area contributed by atoms with Gasteiger partial charge in [0.05, 0.1) is 5.69 Å². The molecule has 1 aromatic carbocycles. The summed E-state index contributed by atoms with van der Waals surface area (Å²) in [6.07, 6.45) is 2.01. The quantitative estimate of drug-likeness (QED) is 0.923. The van der Waals surface area contributed by atoms with Crippen molar-refractivity contribution in [3.05, 3.63) is 46.6 Å². The Labute approximate surface area is 125 Å². The van der Waals surface area contributed by atoms with Crippen LogP contribution in [0.15, 0.2) is 30.3 Å². The number of hydrogen-bond donors (Lipinski definition) is 1. The zero-order valence-corrected chi connectivity index (χ0v) is 13.1. The number of nitrogens with zero attached hydrogens (tertiary/aromatic N) is 2. The largest absolute Gasteiger partial charge is 0.383 e. The average molecular weight is 292 g/mol. The third-order valence-corrected chi connectivity index (χ3v) is 3.69. The van der Waals surface area contributed by atoms with Crippen LogP contribution in [-0.2, 0) is 18.4 Å². The molecule has 0 spiro atoms. The molecule has 4 heteroatoms. The third-order valence-electron chi connectivity index (χ3n) is 3.32. The summed E-state index contributed by atoms with van der Waals surface area (Å²) >= 11 is 6.29. The lowest BCUT2D eigenvalue weighted by Gasteiger charge is -2.15.